The Morgan fingerprint density at radius 2 is 2.14 bits per heavy atom. The van der Waals surface area contributed by atoms with Crippen LogP contribution in [0, 0.1) is 17.3 Å². The summed E-state index contributed by atoms with van der Waals surface area (Å²) in [5, 5.41) is 5.35. The molecule has 1 fully saturated rings. The van der Waals surface area contributed by atoms with Gasteiger partial charge in [0.2, 0.25) is 5.91 Å². The van der Waals surface area contributed by atoms with Crippen molar-refractivity contribution >= 4 is 17.2 Å². The molecule has 0 saturated heterocycles. The molecule has 1 aliphatic carbocycles. The highest BCUT2D eigenvalue weighted by molar-refractivity contribution is 7.10. The fraction of sp³-hybridized carbons (Fsp3) is 0.706. The third-order valence-electron chi connectivity index (χ3n) is 4.91. The highest BCUT2D eigenvalue weighted by Crippen LogP contribution is 2.39. The van der Waals surface area contributed by atoms with Crippen LogP contribution in [0.1, 0.15) is 57.4 Å². The lowest BCUT2D eigenvalue weighted by Gasteiger charge is -2.38. The van der Waals surface area contributed by atoms with Crippen molar-refractivity contribution in [1.82, 2.24) is 5.32 Å². The molecule has 3 nitrogen and oxygen atoms in total. The molecule has 1 aromatic heterocycles. The molecule has 118 valence electrons. The van der Waals surface area contributed by atoms with Gasteiger partial charge in [-0.1, -0.05) is 26.8 Å². The smallest absolute Gasteiger partial charge is 0.228 e. The molecule has 0 aromatic carbocycles. The van der Waals surface area contributed by atoms with Gasteiger partial charge in [0.15, 0.2) is 0 Å². The molecule has 1 aliphatic rings. The summed E-state index contributed by atoms with van der Waals surface area (Å²) in [7, 11) is 0. The zero-order valence-electron chi connectivity index (χ0n) is 13.4. The summed E-state index contributed by atoms with van der Waals surface area (Å²) in [4.78, 5) is 14.1. The SMILES string of the molecule is CC1CCC(CN)(C(=O)NC(c2cccs2)C(C)C)CC1. The molecule has 0 radical (unpaired) electrons. The Bertz CT molecular complexity index is 447. The van der Waals surface area contributed by atoms with Crippen molar-refractivity contribution in [2.75, 3.05) is 6.54 Å². The first-order valence-corrected chi connectivity index (χ1v) is 8.91. The topological polar surface area (TPSA) is 55.1 Å². The summed E-state index contributed by atoms with van der Waals surface area (Å²) in [6.45, 7) is 7.03. The first-order chi connectivity index (χ1) is 9.98. The Hall–Kier alpha value is -0.870. The second-order valence-electron chi connectivity index (χ2n) is 6.88. The summed E-state index contributed by atoms with van der Waals surface area (Å²) in [5.74, 6) is 1.25. The lowest BCUT2D eigenvalue weighted by molar-refractivity contribution is -0.134. The molecule has 1 amide bonds. The van der Waals surface area contributed by atoms with E-state index in [1.54, 1.807) is 11.3 Å². The monoisotopic (exact) mass is 308 g/mol. The zero-order chi connectivity index (χ0) is 15.5. The molecule has 1 atom stereocenters. The van der Waals surface area contributed by atoms with E-state index in [-0.39, 0.29) is 17.4 Å². The first kappa shape index (κ1) is 16.5. The van der Waals surface area contributed by atoms with E-state index in [0.717, 1.165) is 31.6 Å². The molecule has 21 heavy (non-hydrogen) atoms. The Morgan fingerprint density at radius 1 is 1.48 bits per heavy atom. The third kappa shape index (κ3) is 3.67. The highest BCUT2D eigenvalue weighted by atomic mass is 32.1. The summed E-state index contributed by atoms with van der Waals surface area (Å²) in [5.41, 5.74) is 5.65. The molecule has 2 rings (SSSR count). The molecule has 1 heterocycles. The number of hydrogen-bond acceptors (Lipinski definition) is 3. The maximum atomic E-state index is 12.9. The van der Waals surface area contributed by atoms with Crippen molar-refractivity contribution in [2.24, 2.45) is 23.0 Å². The van der Waals surface area contributed by atoms with Crippen LogP contribution in [0.25, 0.3) is 0 Å². The Balaban J connectivity index is 2.11. The highest BCUT2D eigenvalue weighted by Gasteiger charge is 2.40. The number of amides is 1. The summed E-state index contributed by atoms with van der Waals surface area (Å²) in [6, 6.07) is 4.25. The Morgan fingerprint density at radius 3 is 2.62 bits per heavy atom. The molecule has 1 saturated carbocycles. The van der Waals surface area contributed by atoms with E-state index in [2.05, 4.69) is 37.5 Å². The number of carbonyl (C=O) groups excluding carboxylic acids is 1. The predicted octanol–water partition coefficient (Wildman–Crippen LogP) is 3.72. The molecule has 1 aromatic rings. The average Bonchev–Trinajstić information content (AvgIpc) is 2.99. The molecule has 0 aliphatic heterocycles. The van der Waals surface area contributed by atoms with E-state index in [1.807, 2.05) is 6.07 Å². The van der Waals surface area contributed by atoms with Crippen molar-refractivity contribution in [3.05, 3.63) is 22.4 Å². The van der Waals surface area contributed by atoms with Crippen LogP contribution in [0.3, 0.4) is 0 Å². The lowest BCUT2D eigenvalue weighted by atomic mass is 9.70. The van der Waals surface area contributed by atoms with E-state index in [9.17, 15) is 4.79 Å². The minimum Gasteiger partial charge on any atom is -0.348 e. The largest absolute Gasteiger partial charge is 0.348 e. The van der Waals surface area contributed by atoms with Gasteiger partial charge in [0, 0.05) is 11.4 Å². The maximum absolute atomic E-state index is 12.9. The van der Waals surface area contributed by atoms with E-state index >= 15 is 0 Å². The van der Waals surface area contributed by atoms with E-state index in [0.29, 0.717) is 12.5 Å². The minimum atomic E-state index is -0.350. The second kappa shape index (κ2) is 6.93. The molecule has 1 unspecified atom stereocenters. The van der Waals surface area contributed by atoms with Gasteiger partial charge in [0.05, 0.1) is 11.5 Å². The zero-order valence-corrected chi connectivity index (χ0v) is 14.2. The Labute approximate surface area is 132 Å². The van der Waals surface area contributed by atoms with Crippen LogP contribution in [0.2, 0.25) is 0 Å². The number of hydrogen-bond donors (Lipinski definition) is 2. The lowest BCUT2D eigenvalue weighted by Crippen LogP contribution is -2.49. The van der Waals surface area contributed by atoms with Gasteiger partial charge < -0.3 is 11.1 Å². The number of nitrogens with two attached hydrogens (primary N) is 1. The van der Waals surface area contributed by atoms with Crippen LogP contribution in [0.15, 0.2) is 17.5 Å². The van der Waals surface area contributed by atoms with Gasteiger partial charge in [-0.2, -0.15) is 0 Å². The van der Waals surface area contributed by atoms with Crippen LogP contribution in [0.4, 0.5) is 0 Å². The summed E-state index contributed by atoms with van der Waals surface area (Å²) >= 11 is 1.71. The van der Waals surface area contributed by atoms with Gasteiger partial charge in [0.25, 0.3) is 0 Å². The molecule has 0 bridgehead atoms. The number of thiophene rings is 1. The second-order valence-corrected chi connectivity index (χ2v) is 7.86. The van der Waals surface area contributed by atoms with Crippen LogP contribution >= 0.6 is 11.3 Å². The van der Waals surface area contributed by atoms with Crippen LogP contribution in [-0.2, 0) is 4.79 Å². The van der Waals surface area contributed by atoms with Gasteiger partial charge in [0.1, 0.15) is 0 Å². The minimum absolute atomic E-state index is 0.0975. The summed E-state index contributed by atoms with van der Waals surface area (Å²) < 4.78 is 0. The predicted molar refractivity (Wildman–Crippen MR) is 89.2 cm³/mol. The normalized spacial score (nSPS) is 27.6. The first-order valence-electron chi connectivity index (χ1n) is 8.03. The fourth-order valence-corrected chi connectivity index (χ4v) is 4.12. The maximum Gasteiger partial charge on any atom is 0.228 e. The number of rotatable bonds is 5. The van der Waals surface area contributed by atoms with Gasteiger partial charge >= 0.3 is 0 Å². The van der Waals surface area contributed by atoms with E-state index < -0.39 is 0 Å². The molecule has 4 heteroatoms. The van der Waals surface area contributed by atoms with Gasteiger partial charge in [-0.05, 0) is 49.0 Å². The van der Waals surface area contributed by atoms with Crippen molar-refractivity contribution in [1.29, 1.82) is 0 Å². The fourth-order valence-electron chi connectivity index (χ4n) is 3.17. The van der Waals surface area contributed by atoms with Gasteiger partial charge in [-0.3, -0.25) is 4.79 Å². The van der Waals surface area contributed by atoms with Gasteiger partial charge in [-0.25, -0.2) is 0 Å². The molecule has 0 spiro atoms. The molecule has 3 N–H and O–H groups in total. The van der Waals surface area contributed by atoms with Crippen LogP contribution in [0.5, 0.6) is 0 Å². The van der Waals surface area contributed by atoms with Crippen LogP contribution < -0.4 is 11.1 Å². The van der Waals surface area contributed by atoms with Gasteiger partial charge in [-0.15, -0.1) is 11.3 Å². The third-order valence-corrected chi connectivity index (χ3v) is 5.86. The number of carbonyl (C=O) groups is 1. The molecular formula is C17H28N2OS. The van der Waals surface area contributed by atoms with Crippen LogP contribution in [-0.4, -0.2) is 12.5 Å². The van der Waals surface area contributed by atoms with E-state index in [4.69, 9.17) is 5.73 Å². The van der Waals surface area contributed by atoms with Crippen molar-refractivity contribution in [3.63, 3.8) is 0 Å². The molecular weight excluding hydrogens is 280 g/mol. The van der Waals surface area contributed by atoms with Crippen molar-refractivity contribution in [2.45, 2.75) is 52.5 Å². The van der Waals surface area contributed by atoms with Crippen molar-refractivity contribution in [3.8, 4) is 0 Å². The summed E-state index contributed by atoms with van der Waals surface area (Å²) in [6.07, 6.45) is 4.06. The van der Waals surface area contributed by atoms with Crippen molar-refractivity contribution < 1.29 is 4.79 Å². The Kier molecular flexibility index (Phi) is 5.44. The number of nitrogens with one attached hydrogen (secondary N) is 1. The average molecular weight is 308 g/mol. The quantitative estimate of drug-likeness (QED) is 0.871. The van der Waals surface area contributed by atoms with E-state index in [1.165, 1.54) is 4.88 Å². The standard InChI is InChI=1S/C17H28N2OS/c1-12(2)15(14-5-4-10-21-14)19-16(20)17(11-18)8-6-13(3)7-9-17/h4-5,10,12-13,15H,6-9,11,18H2,1-3H3,(H,19,20).